The quantitative estimate of drug-likeness (QED) is 0.769. The fraction of sp³-hybridized carbons (Fsp3) is 0.462. The highest BCUT2D eigenvalue weighted by atomic mass is 19.1. The van der Waals surface area contributed by atoms with E-state index in [1.807, 2.05) is 6.07 Å². The van der Waals surface area contributed by atoms with Gasteiger partial charge in [0.1, 0.15) is 12.4 Å². The molecular formula is C13H16FNO. The molecule has 0 saturated heterocycles. The van der Waals surface area contributed by atoms with Gasteiger partial charge in [0.25, 0.3) is 0 Å². The molecule has 1 unspecified atom stereocenters. The van der Waals surface area contributed by atoms with Crippen LogP contribution in [-0.2, 0) is 11.2 Å². The third kappa shape index (κ3) is 2.60. The van der Waals surface area contributed by atoms with Crippen molar-refractivity contribution in [3.63, 3.8) is 0 Å². The van der Waals surface area contributed by atoms with Gasteiger partial charge < -0.3 is 4.74 Å². The van der Waals surface area contributed by atoms with E-state index in [0.29, 0.717) is 18.9 Å². The molecule has 0 spiro atoms. The number of nitrogens with zero attached hydrogens (tertiary/aromatic N) is 1. The molecule has 0 saturated carbocycles. The van der Waals surface area contributed by atoms with Crippen LogP contribution in [0.3, 0.4) is 0 Å². The van der Waals surface area contributed by atoms with Gasteiger partial charge in [-0.2, -0.15) is 0 Å². The van der Waals surface area contributed by atoms with Crippen LogP contribution in [0.15, 0.2) is 29.3 Å². The summed E-state index contributed by atoms with van der Waals surface area (Å²) in [5.74, 6) is 1.01. The SMILES string of the molecule is CC(C)C1COC(Cc2cccc(F)c2)=N1. The van der Waals surface area contributed by atoms with Gasteiger partial charge in [0.15, 0.2) is 5.90 Å². The Balaban J connectivity index is 2.03. The second-order valence-corrected chi connectivity index (χ2v) is 4.45. The lowest BCUT2D eigenvalue weighted by Crippen LogP contribution is -2.13. The molecule has 1 aliphatic heterocycles. The van der Waals surface area contributed by atoms with Crippen molar-refractivity contribution in [2.45, 2.75) is 26.3 Å². The van der Waals surface area contributed by atoms with Gasteiger partial charge in [-0.05, 0) is 23.6 Å². The molecule has 0 aliphatic carbocycles. The van der Waals surface area contributed by atoms with Gasteiger partial charge >= 0.3 is 0 Å². The molecule has 3 heteroatoms. The van der Waals surface area contributed by atoms with Gasteiger partial charge in [0.2, 0.25) is 0 Å². The topological polar surface area (TPSA) is 21.6 Å². The molecule has 1 aliphatic rings. The molecule has 0 fully saturated rings. The van der Waals surface area contributed by atoms with E-state index in [4.69, 9.17) is 4.74 Å². The van der Waals surface area contributed by atoms with Crippen LogP contribution in [0.25, 0.3) is 0 Å². The minimum atomic E-state index is -0.212. The predicted molar refractivity (Wildman–Crippen MR) is 62.1 cm³/mol. The highest BCUT2D eigenvalue weighted by molar-refractivity contribution is 5.80. The van der Waals surface area contributed by atoms with Crippen molar-refractivity contribution >= 4 is 5.90 Å². The fourth-order valence-electron chi connectivity index (χ4n) is 1.70. The highest BCUT2D eigenvalue weighted by Gasteiger charge is 2.21. The monoisotopic (exact) mass is 221 g/mol. The zero-order chi connectivity index (χ0) is 11.5. The smallest absolute Gasteiger partial charge is 0.188 e. The lowest BCUT2D eigenvalue weighted by molar-refractivity contribution is 0.287. The zero-order valence-corrected chi connectivity index (χ0v) is 9.61. The molecule has 1 aromatic rings. The third-order valence-corrected chi connectivity index (χ3v) is 2.74. The molecular weight excluding hydrogens is 205 g/mol. The van der Waals surface area contributed by atoms with E-state index in [1.54, 1.807) is 6.07 Å². The van der Waals surface area contributed by atoms with Crippen molar-refractivity contribution in [1.29, 1.82) is 0 Å². The molecule has 0 N–H and O–H groups in total. The molecule has 1 atom stereocenters. The summed E-state index contributed by atoms with van der Waals surface area (Å²) in [4.78, 5) is 4.48. The highest BCUT2D eigenvalue weighted by Crippen LogP contribution is 2.16. The second-order valence-electron chi connectivity index (χ2n) is 4.45. The van der Waals surface area contributed by atoms with Crippen molar-refractivity contribution in [1.82, 2.24) is 0 Å². The maximum Gasteiger partial charge on any atom is 0.188 e. The first-order chi connectivity index (χ1) is 7.65. The first-order valence-corrected chi connectivity index (χ1v) is 5.59. The Morgan fingerprint density at radius 3 is 2.94 bits per heavy atom. The lowest BCUT2D eigenvalue weighted by Gasteiger charge is -2.06. The Kier molecular flexibility index (Phi) is 3.22. The summed E-state index contributed by atoms with van der Waals surface area (Å²) in [7, 11) is 0. The molecule has 86 valence electrons. The van der Waals surface area contributed by atoms with E-state index in [1.165, 1.54) is 12.1 Å². The van der Waals surface area contributed by atoms with Crippen molar-refractivity contribution in [2.24, 2.45) is 10.9 Å². The Labute approximate surface area is 95.2 Å². The Morgan fingerprint density at radius 1 is 1.50 bits per heavy atom. The van der Waals surface area contributed by atoms with Crippen LogP contribution in [0, 0.1) is 11.7 Å². The van der Waals surface area contributed by atoms with Gasteiger partial charge in [-0.3, -0.25) is 0 Å². The van der Waals surface area contributed by atoms with Gasteiger partial charge in [0.05, 0.1) is 6.04 Å². The molecule has 1 heterocycles. The normalized spacial score (nSPS) is 19.8. The first kappa shape index (κ1) is 11.1. The van der Waals surface area contributed by atoms with Crippen molar-refractivity contribution in [2.75, 3.05) is 6.61 Å². The van der Waals surface area contributed by atoms with E-state index in [2.05, 4.69) is 18.8 Å². The summed E-state index contributed by atoms with van der Waals surface area (Å²) in [5.41, 5.74) is 0.906. The van der Waals surface area contributed by atoms with Crippen LogP contribution in [0.4, 0.5) is 4.39 Å². The average Bonchev–Trinajstić information content (AvgIpc) is 2.66. The van der Waals surface area contributed by atoms with E-state index in [9.17, 15) is 4.39 Å². The molecule has 0 aromatic heterocycles. The summed E-state index contributed by atoms with van der Waals surface area (Å²) < 4.78 is 18.5. The molecule has 16 heavy (non-hydrogen) atoms. The maximum atomic E-state index is 13.0. The Hall–Kier alpha value is -1.38. The van der Waals surface area contributed by atoms with Crippen LogP contribution in [0.2, 0.25) is 0 Å². The average molecular weight is 221 g/mol. The van der Waals surface area contributed by atoms with Crippen LogP contribution >= 0.6 is 0 Å². The minimum absolute atomic E-state index is 0.212. The number of hydrogen-bond acceptors (Lipinski definition) is 2. The van der Waals surface area contributed by atoms with Crippen molar-refractivity contribution in [3.05, 3.63) is 35.6 Å². The van der Waals surface area contributed by atoms with E-state index < -0.39 is 0 Å². The van der Waals surface area contributed by atoms with Crippen LogP contribution in [0.1, 0.15) is 19.4 Å². The van der Waals surface area contributed by atoms with Gasteiger partial charge in [-0.15, -0.1) is 0 Å². The predicted octanol–water partition coefficient (Wildman–Crippen LogP) is 2.82. The summed E-state index contributed by atoms with van der Waals surface area (Å²) in [6, 6.07) is 6.81. The van der Waals surface area contributed by atoms with Crippen molar-refractivity contribution < 1.29 is 9.13 Å². The maximum absolute atomic E-state index is 13.0. The second kappa shape index (κ2) is 4.64. The standard InChI is InChI=1S/C13H16FNO/c1-9(2)12-8-16-13(15-12)7-10-4-3-5-11(14)6-10/h3-6,9,12H,7-8H2,1-2H3. The van der Waals surface area contributed by atoms with Gasteiger partial charge in [-0.1, -0.05) is 26.0 Å². The summed E-state index contributed by atoms with van der Waals surface area (Å²) in [6.45, 7) is 4.91. The minimum Gasteiger partial charge on any atom is -0.478 e. The summed E-state index contributed by atoms with van der Waals surface area (Å²) >= 11 is 0. The van der Waals surface area contributed by atoms with Crippen molar-refractivity contribution in [3.8, 4) is 0 Å². The summed E-state index contributed by atoms with van der Waals surface area (Å²) in [5, 5.41) is 0. The van der Waals surface area contributed by atoms with Gasteiger partial charge in [-0.25, -0.2) is 9.38 Å². The van der Waals surface area contributed by atoms with Crippen LogP contribution in [-0.4, -0.2) is 18.5 Å². The molecule has 2 nitrogen and oxygen atoms in total. The number of ether oxygens (including phenoxy) is 1. The molecule has 1 aromatic carbocycles. The summed E-state index contributed by atoms with van der Waals surface area (Å²) in [6.07, 6.45) is 0.584. The number of benzene rings is 1. The number of rotatable bonds is 3. The number of halogens is 1. The number of hydrogen-bond donors (Lipinski definition) is 0. The Morgan fingerprint density at radius 2 is 2.31 bits per heavy atom. The zero-order valence-electron chi connectivity index (χ0n) is 9.61. The largest absolute Gasteiger partial charge is 0.478 e. The van der Waals surface area contributed by atoms with E-state index >= 15 is 0 Å². The molecule has 2 rings (SSSR count). The molecule has 0 radical (unpaired) electrons. The molecule has 0 amide bonds. The van der Waals surface area contributed by atoms with E-state index in [-0.39, 0.29) is 11.9 Å². The lowest BCUT2D eigenvalue weighted by atomic mass is 10.1. The van der Waals surface area contributed by atoms with E-state index in [0.717, 1.165) is 11.5 Å². The fourth-order valence-corrected chi connectivity index (χ4v) is 1.70. The van der Waals surface area contributed by atoms with Crippen LogP contribution < -0.4 is 0 Å². The number of aliphatic imine (C=N–C) groups is 1. The van der Waals surface area contributed by atoms with Crippen LogP contribution in [0.5, 0.6) is 0 Å². The third-order valence-electron chi connectivity index (χ3n) is 2.74. The van der Waals surface area contributed by atoms with Gasteiger partial charge in [0, 0.05) is 6.42 Å². The molecule has 0 bridgehead atoms. The Bertz CT molecular complexity index is 401. The first-order valence-electron chi connectivity index (χ1n) is 5.59.